The Morgan fingerprint density at radius 1 is 1.00 bits per heavy atom. The Bertz CT molecular complexity index is 1700. The summed E-state index contributed by atoms with van der Waals surface area (Å²) in [7, 11) is 3.32. The first kappa shape index (κ1) is 29.0. The highest BCUT2D eigenvalue weighted by molar-refractivity contribution is 7.99. The fourth-order valence-corrected chi connectivity index (χ4v) is 6.15. The van der Waals surface area contributed by atoms with Gasteiger partial charge in [-0.1, -0.05) is 42.2 Å². The molecule has 2 aromatic heterocycles. The van der Waals surface area contributed by atoms with E-state index in [1.807, 2.05) is 54.6 Å². The van der Waals surface area contributed by atoms with Crippen LogP contribution in [-0.2, 0) is 4.74 Å². The second-order valence-electron chi connectivity index (χ2n) is 11.2. The second kappa shape index (κ2) is 11.7. The number of nitrogens with zero attached hydrogens (tertiary/aromatic N) is 4. The number of hydrogen-bond acceptors (Lipinski definition) is 6. The van der Waals surface area contributed by atoms with E-state index in [-0.39, 0.29) is 11.8 Å². The zero-order valence-electron chi connectivity index (χ0n) is 24.2. The smallest absolute Gasteiger partial charge is 0.412 e. The van der Waals surface area contributed by atoms with E-state index in [0.29, 0.717) is 27.8 Å². The molecule has 214 valence electrons. The monoisotopic (exact) mass is 580 g/mol. The maximum atomic E-state index is 14.3. The molecule has 2 atom stereocenters. The van der Waals surface area contributed by atoms with E-state index >= 15 is 0 Å². The minimum absolute atomic E-state index is 0.266. The number of thioether (sulfide) groups is 1. The molecule has 2 amide bonds. The lowest BCUT2D eigenvalue weighted by molar-refractivity contribution is 0.0173. The Labute approximate surface area is 249 Å². The van der Waals surface area contributed by atoms with Gasteiger partial charge in [-0.2, -0.15) is 0 Å². The van der Waals surface area contributed by atoms with E-state index in [2.05, 4.69) is 16.8 Å². The molecule has 0 radical (unpaired) electrons. The van der Waals surface area contributed by atoms with E-state index in [1.54, 1.807) is 59.5 Å². The van der Waals surface area contributed by atoms with Gasteiger partial charge in [-0.25, -0.2) is 9.59 Å². The highest BCUT2D eigenvalue weighted by Crippen LogP contribution is 2.43. The molecule has 5 rings (SSSR count). The van der Waals surface area contributed by atoms with Crippen LogP contribution in [0.15, 0.2) is 79.3 Å². The minimum atomic E-state index is -0.805. The Balaban J connectivity index is 1.57. The maximum absolute atomic E-state index is 14.3. The summed E-state index contributed by atoms with van der Waals surface area (Å²) in [6, 6.07) is 17.7. The lowest BCUT2D eigenvalue weighted by Gasteiger charge is -2.31. The Hall–Kier alpha value is -4.55. The normalized spacial score (nSPS) is 16.5. The van der Waals surface area contributed by atoms with Crippen molar-refractivity contribution in [3.63, 3.8) is 0 Å². The third-order valence-electron chi connectivity index (χ3n) is 6.66. The minimum Gasteiger partial charge on any atom is -0.444 e. The molecule has 0 bridgehead atoms. The lowest BCUT2D eigenvalue weighted by Crippen LogP contribution is -2.45. The number of benzene rings is 2. The summed E-state index contributed by atoms with van der Waals surface area (Å²) in [5.41, 5.74) is 2.56. The SMILES string of the molecule is CN(C)C(=O)n1cc(C(=O)[C@@H]2CSC(c3cccnc3)N2C(=O)OC(C)(C)C)c2ccc(C#Cc3ccccc3)cc21. The number of amides is 2. The number of aromatic nitrogens is 2. The van der Waals surface area contributed by atoms with E-state index in [0.717, 1.165) is 11.1 Å². The van der Waals surface area contributed by atoms with E-state index in [9.17, 15) is 14.4 Å². The van der Waals surface area contributed by atoms with Crippen LogP contribution < -0.4 is 0 Å². The molecule has 0 N–H and O–H groups in total. The van der Waals surface area contributed by atoms with Crippen molar-refractivity contribution >= 4 is 40.6 Å². The first-order valence-electron chi connectivity index (χ1n) is 13.5. The summed E-state index contributed by atoms with van der Waals surface area (Å²) in [5, 5.41) is 0.165. The number of ketones is 1. The fraction of sp³-hybridized carbons (Fsp3) is 0.273. The topological polar surface area (TPSA) is 84.7 Å². The molecule has 42 heavy (non-hydrogen) atoms. The Kier molecular flexibility index (Phi) is 8.10. The van der Waals surface area contributed by atoms with Gasteiger partial charge >= 0.3 is 12.1 Å². The third kappa shape index (κ3) is 6.04. The number of carbonyl (C=O) groups is 3. The number of fused-ring (bicyclic) bond motifs is 1. The van der Waals surface area contributed by atoms with Crippen LogP contribution in [0.5, 0.6) is 0 Å². The van der Waals surface area contributed by atoms with E-state index in [4.69, 9.17) is 4.74 Å². The van der Waals surface area contributed by atoms with Crippen molar-refractivity contribution < 1.29 is 19.1 Å². The second-order valence-corrected chi connectivity index (χ2v) is 12.3. The van der Waals surface area contributed by atoms with Crippen molar-refractivity contribution in [3.8, 4) is 11.8 Å². The summed E-state index contributed by atoms with van der Waals surface area (Å²) < 4.78 is 7.22. The predicted molar refractivity (Wildman–Crippen MR) is 164 cm³/mol. The molecular formula is C33H32N4O4S. The van der Waals surface area contributed by atoms with Gasteiger partial charge < -0.3 is 9.64 Å². The largest absolute Gasteiger partial charge is 0.444 e. The van der Waals surface area contributed by atoms with Crippen LogP contribution in [0.3, 0.4) is 0 Å². The van der Waals surface area contributed by atoms with E-state index < -0.39 is 23.1 Å². The van der Waals surface area contributed by atoms with Crippen molar-refractivity contribution in [1.82, 2.24) is 19.4 Å². The molecule has 1 aliphatic heterocycles. The number of carbonyl (C=O) groups excluding carboxylic acids is 3. The van der Waals surface area contributed by atoms with Crippen LogP contribution in [0.2, 0.25) is 0 Å². The average molecular weight is 581 g/mol. The lowest BCUT2D eigenvalue weighted by atomic mass is 10.0. The molecular weight excluding hydrogens is 548 g/mol. The van der Waals surface area contributed by atoms with Crippen molar-refractivity contribution in [2.24, 2.45) is 0 Å². The Morgan fingerprint density at radius 2 is 1.74 bits per heavy atom. The van der Waals surface area contributed by atoms with Crippen molar-refractivity contribution in [3.05, 3.63) is 102 Å². The quantitative estimate of drug-likeness (QED) is 0.212. The molecule has 9 heteroatoms. The standard InChI is InChI=1S/C33H32N4O4S/c1-33(2,3)41-32(40)37-28(21-42-30(37)24-12-9-17-34-19-24)29(38)26-20-36(31(39)35(4)5)27-18-23(15-16-25(26)27)14-13-22-10-7-6-8-11-22/h6-12,15-20,28,30H,21H2,1-5H3/t28-,30?/m0/s1. The highest BCUT2D eigenvalue weighted by Gasteiger charge is 2.45. The number of hydrogen-bond donors (Lipinski definition) is 0. The zero-order valence-corrected chi connectivity index (χ0v) is 25.0. The molecule has 1 fully saturated rings. The highest BCUT2D eigenvalue weighted by atomic mass is 32.2. The Morgan fingerprint density at radius 3 is 2.40 bits per heavy atom. The molecule has 0 spiro atoms. The van der Waals surface area contributed by atoms with Crippen LogP contribution in [0.4, 0.5) is 9.59 Å². The maximum Gasteiger partial charge on any atom is 0.412 e. The van der Waals surface area contributed by atoms with Crippen LogP contribution in [0.25, 0.3) is 10.9 Å². The third-order valence-corrected chi connectivity index (χ3v) is 7.98. The molecule has 4 aromatic rings. The number of pyridine rings is 1. The van der Waals surface area contributed by atoms with Crippen molar-refractivity contribution in [2.75, 3.05) is 19.8 Å². The summed E-state index contributed by atoms with van der Waals surface area (Å²) in [6.45, 7) is 5.38. The molecule has 0 aliphatic carbocycles. The summed E-state index contributed by atoms with van der Waals surface area (Å²) in [4.78, 5) is 48.2. The van der Waals surface area contributed by atoms with Crippen LogP contribution in [-0.4, -0.2) is 68.7 Å². The van der Waals surface area contributed by atoms with Gasteiger partial charge in [0.25, 0.3) is 0 Å². The van der Waals surface area contributed by atoms with Crippen LogP contribution in [0, 0.1) is 11.8 Å². The summed E-state index contributed by atoms with van der Waals surface area (Å²) >= 11 is 1.48. The van der Waals surface area contributed by atoms with E-state index in [1.165, 1.54) is 26.1 Å². The molecule has 1 aliphatic rings. The molecule has 8 nitrogen and oxygen atoms in total. The zero-order chi connectivity index (χ0) is 30.0. The summed E-state index contributed by atoms with van der Waals surface area (Å²) in [5.74, 6) is 6.40. The molecule has 2 aromatic carbocycles. The summed E-state index contributed by atoms with van der Waals surface area (Å²) in [6.07, 6.45) is 4.35. The van der Waals surface area contributed by atoms with Gasteiger partial charge in [-0.05, 0) is 51.1 Å². The van der Waals surface area contributed by atoms with Crippen molar-refractivity contribution in [1.29, 1.82) is 0 Å². The number of Topliss-reactive ketones (excluding diaryl/α,β-unsaturated/α-hetero) is 1. The first-order valence-corrected chi connectivity index (χ1v) is 14.6. The number of ether oxygens (including phenoxy) is 1. The predicted octanol–water partition coefficient (Wildman–Crippen LogP) is 6.20. The van der Waals surface area contributed by atoms with Crippen LogP contribution >= 0.6 is 11.8 Å². The van der Waals surface area contributed by atoms with Gasteiger partial charge in [-0.15, -0.1) is 11.8 Å². The first-order chi connectivity index (χ1) is 20.0. The molecule has 0 saturated carbocycles. The van der Waals surface area contributed by atoms with Gasteiger partial charge in [0, 0.05) is 66.1 Å². The van der Waals surface area contributed by atoms with Gasteiger partial charge in [0.2, 0.25) is 0 Å². The van der Waals surface area contributed by atoms with Gasteiger partial charge in [0.05, 0.1) is 5.52 Å². The van der Waals surface area contributed by atoms with Crippen molar-refractivity contribution in [2.45, 2.75) is 37.8 Å². The number of rotatable bonds is 3. The molecule has 1 saturated heterocycles. The van der Waals surface area contributed by atoms with Gasteiger partial charge in [-0.3, -0.25) is 19.2 Å². The molecule has 1 unspecified atom stereocenters. The molecule has 3 heterocycles. The van der Waals surface area contributed by atoms with Crippen LogP contribution in [0.1, 0.15) is 53.2 Å². The van der Waals surface area contributed by atoms with Gasteiger partial charge in [0.15, 0.2) is 5.78 Å². The van der Waals surface area contributed by atoms with Gasteiger partial charge in [0.1, 0.15) is 17.0 Å². The fourth-order valence-electron chi connectivity index (χ4n) is 4.74. The average Bonchev–Trinajstić information content (AvgIpc) is 3.58.